The van der Waals surface area contributed by atoms with Crippen molar-refractivity contribution in [1.29, 1.82) is 0 Å². The van der Waals surface area contributed by atoms with Crippen LogP contribution in [0.3, 0.4) is 0 Å². The number of rotatable bonds is 8. The summed E-state index contributed by atoms with van der Waals surface area (Å²) in [4.78, 5) is 16.0. The highest BCUT2D eigenvalue weighted by molar-refractivity contribution is 6.03. The van der Waals surface area contributed by atoms with Gasteiger partial charge in [0.25, 0.3) is 12.3 Å². The van der Waals surface area contributed by atoms with Crippen molar-refractivity contribution >= 4 is 11.6 Å². The number of hydrogen-bond acceptors (Lipinski definition) is 5. The number of pyridine rings is 1. The van der Waals surface area contributed by atoms with E-state index in [1.165, 1.54) is 18.3 Å². The third-order valence-corrected chi connectivity index (χ3v) is 2.84. The van der Waals surface area contributed by atoms with Gasteiger partial charge in [-0.1, -0.05) is 0 Å². The Morgan fingerprint density at radius 2 is 1.92 bits per heavy atom. The van der Waals surface area contributed by atoms with Crippen molar-refractivity contribution in [1.82, 2.24) is 4.98 Å². The molecule has 0 spiro atoms. The van der Waals surface area contributed by atoms with Crippen molar-refractivity contribution in [3.05, 3.63) is 48.3 Å². The van der Waals surface area contributed by atoms with Gasteiger partial charge in [-0.3, -0.25) is 9.78 Å². The van der Waals surface area contributed by atoms with Crippen molar-refractivity contribution in [2.24, 2.45) is 5.73 Å². The Morgan fingerprint density at radius 3 is 2.58 bits per heavy atom. The van der Waals surface area contributed by atoms with E-state index >= 15 is 0 Å². The van der Waals surface area contributed by atoms with Gasteiger partial charge >= 0.3 is 0 Å². The van der Waals surface area contributed by atoms with Crippen LogP contribution in [0.4, 0.5) is 14.5 Å². The van der Waals surface area contributed by atoms with Crippen LogP contribution in [0, 0.1) is 0 Å². The fourth-order valence-corrected chi connectivity index (χ4v) is 1.79. The molecule has 6 nitrogen and oxygen atoms in total. The van der Waals surface area contributed by atoms with Gasteiger partial charge in [0.15, 0.2) is 0 Å². The van der Waals surface area contributed by atoms with Gasteiger partial charge in [-0.25, -0.2) is 8.78 Å². The van der Waals surface area contributed by atoms with Crippen LogP contribution < -0.4 is 20.5 Å². The van der Waals surface area contributed by atoms with E-state index in [9.17, 15) is 13.6 Å². The molecule has 0 unspecified atom stereocenters. The number of carbonyl (C=O) groups excluding carboxylic acids is 1. The zero-order chi connectivity index (χ0) is 17.4. The Morgan fingerprint density at radius 1 is 1.17 bits per heavy atom. The average Bonchev–Trinajstić information content (AvgIpc) is 2.59. The van der Waals surface area contributed by atoms with Gasteiger partial charge in [-0.2, -0.15) is 0 Å². The Bertz CT molecular complexity index is 666. The number of benzene rings is 1. The second-order valence-corrected chi connectivity index (χ2v) is 4.69. The van der Waals surface area contributed by atoms with Crippen molar-refractivity contribution in [2.45, 2.75) is 6.43 Å². The first-order chi connectivity index (χ1) is 11.6. The minimum Gasteiger partial charge on any atom is -0.492 e. The average molecular weight is 337 g/mol. The van der Waals surface area contributed by atoms with Gasteiger partial charge in [0.1, 0.15) is 30.4 Å². The predicted molar refractivity (Wildman–Crippen MR) is 84.7 cm³/mol. The number of amides is 1. The highest BCUT2D eigenvalue weighted by Gasteiger charge is 2.10. The lowest BCUT2D eigenvalue weighted by molar-refractivity contribution is 0.0818. The first-order valence-corrected chi connectivity index (χ1v) is 7.20. The molecule has 1 aromatic carbocycles. The number of ether oxygens (including phenoxy) is 2. The zero-order valence-corrected chi connectivity index (χ0v) is 12.7. The van der Waals surface area contributed by atoms with Crippen LogP contribution in [0.25, 0.3) is 0 Å². The molecule has 0 atom stereocenters. The summed E-state index contributed by atoms with van der Waals surface area (Å²) < 4.78 is 34.5. The molecule has 0 saturated heterocycles. The van der Waals surface area contributed by atoms with E-state index in [-0.39, 0.29) is 11.4 Å². The van der Waals surface area contributed by atoms with Crippen LogP contribution in [-0.2, 0) is 0 Å². The third-order valence-electron chi connectivity index (χ3n) is 2.84. The summed E-state index contributed by atoms with van der Waals surface area (Å²) in [5.74, 6) is 0.313. The fraction of sp³-hybridized carbons (Fsp3) is 0.250. The van der Waals surface area contributed by atoms with Crippen LogP contribution in [0.5, 0.6) is 11.5 Å². The van der Waals surface area contributed by atoms with Crippen LogP contribution in [0.15, 0.2) is 42.6 Å². The molecular weight excluding hydrogens is 320 g/mol. The van der Waals surface area contributed by atoms with Gasteiger partial charge < -0.3 is 20.5 Å². The second kappa shape index (κ2) is 8.78. The molecule has 2 aromatic rings. The van der Waals surface area contributed by atoms with E-state index in [0.29, 0.717) is 24.6 Å². The molecule has 0 fully saturated rings. The minimum atomic E-state index is -2.59. The number of hydrogen-bond donors (Lipinski definition) is 2. The summed E-state index contributed by atoms with van der Waals surface area (Å²) in [5.41, 5.74) is 5.95. The molecule has 0 aliphatic rings. The highest BCUT2D eigenvalue weighted by atomic mass is 19.3. The predicted octanol–water partition coefficient (Wildman–Crippen LogP) is 2.32. The maximum absolute atomic E-state index is 12.1. The Kier molecular flexibility index (Phi) is 6.44. The number of nitrogens with zero attached hydrogens (tertiary/aromatic N) is 1. The van der Waals surface area contributed by atoms with Gasteiger partial charge in [-0.15, -0.1) is 0 Å². The molecule has 1 amide bonds. The number of nitrogens with two attached hydrogens (primary N) is 1. The summed E-state index contributed by atoms with van der Waals surface area (Å²) in [6.45, 7) is 0.0739. The van der Waals surface area contributed by atoms with Crippen LogP contribution >= 0.6 is 0 Å². The normalized spacial score (nSPS) is 10.5. The van der Waals surface area contributed by atoms with Gasteiger partial charge in [0.2, 0.25) is 0 Å². The highest BCUT2D eigenvalue weighted by Crippen LogP contribution is 2.17. The summed E-state index contributed by atoms with van der Waals surface area (Å²) in [6.07, 6.45) is -1.27. The molecule has 0 bridgehead atoms. The summed E-state index contributed by atoms with van der Waals surface area (Å²) in [7, 11) is 0. The van der Waals surface area contributed by atoms with Crippen LogP contribution in [0.1, 0.15) is 10.5 Å². The third kappa shape index (κ3) is 5.47. The lowest BCUT2D eigenvalue weighted by atomic mass is 10.2. The van der Waals surface area contributed by atoms with E-state index in [1.54, 1.807) is 24.3 Å². The van der Waals surface area contributed by atoms with E-state index < -0.39 is 18.9 Å². The standard InChI is InChI=1S/C16H17F2N3O3/c17-15(18)10-24-13-5-7-20-14(9-13)16(22)21-11-1-3-12(4-2-11)23-8-6-19/h1-5,7,9,15H,6,8,10,19H2,(H,21,22). The summed E-state index contributed by atoms with van der Waals surface area (Å²) in [6, 6.07) is 9.43. The Balaban J connectivity index is 1.97. The summed E-state index contributed by atoms with van der Waals surface area (Å²) in [5, 5.41) is 2.65. The zero-order valence-electron chi connectivity index (χ0n) is 12.7. The van der Waals surface area contributed by atoms with Crippen molar-refractivity contribution < 1.29 is 23.0 Å². The molecule has 2 rings (SSSR count). The van der Waals surface area contributed by atoms with Gasteiger partial charge in [0.05, 0.1) is 0 Å². The maximum Gasteiger partial charge on any atom is 0.274 e. The van der Waals surface area contributed by atoms with Crippen molar-refractivity contribution in [3.63, 3.8) is 0 Å². The van der Waals surface area contributed by atoms with Gasteiger partial charge in [0, 0.05) is 24.5 Å². The van der Waals surface area contributed by atoms with E-state index in [1.807, 2.05) is 0 Å². The second-order valence-electron chi connectivity index (χ2n) is 4.69. The SMILES string of the molecule is NCCOc1ccc(NC(=O)c2cc(OCC(F)F)ccn2)cc1. The molecule has 0 radical (unpaired) electrons. The van der Waals surface area contributed by atoms with Crippen molar-refractivity contribution in [3.8, 4) is 11.5 Å². The van der Waals surface area contributed by atoms with E-state index in [0.717, 1.165) is 0 Å². The molecule has 24 heavy (non-hydrogen) atoms. The van der Waals surface area contributed by atoms with Gasteiger partial charge in [-0.05, 0) is 30.3 Å². The number of carbonyl (C=O) groups is 1. The molecule has 0 aliphatic carbocycles. The largest absolute Gasteiger partial charge is 0.492 e. The quantitative estimate of drug-likeness (QED) is 0.772. The van der Waals surface area contributed by atoms with Crippen LogP contribution in [0.2, 0.25) is 0 Å². The lowest BCUT2D eigenvalue weighted by Crippen LogP contribution is -2.14. The first-order valence-electron chi connectivity index (χ1n) is 7.20. The molecule has 0 aliphatic heterocycles. The fourth-order valence-electron chi connectivity index (χ4n) is 1.79. The topological polar surface area (TPSA) is 86.5 Å². The summed E-state index contributed by atoms with van der Waals surface area (Å²) >= 11 is 0. The Labute approximate surface area is 137 Å². The maximum atomic E-state index is 12.1. The smallest absolute Gasteiger partial charge is 0.274 e. The molecule has 128 valence electrons. The minimum absolute atomic E-state index is 0.0604. The molecule has 1 heterocycles. The lowest BCUT2D eigenvalue weighted by Gasteiger charge is -2.09. The monoisotopic (exact) mass is 337 g/mol. The number of halogens is 2. The number of nitrogens with one attached hydrogen (secondary N) is 1. The van der Waals surface area contributed by atoms with Crippen LogP contribution in [-0.4, -0.2) is 37.1 Å². The first kappa shape index (κ1) is 17.6. The molecule has 8 heteroatoms. The Hall–Kier alpha value is -2.74. The number of alkyl halides is 2. The molecular formula is C16H17F2N3O3. The number of anilines is 1. The number of aromatic nitrogens is 1. The van der Waals surface area contributed by atoms with E-state index in [4.69, 9.17) is 15.2 Å². The van der Waals surface area contributed by atoms with Crippen molar-refractivity contribution in [2.75, 3.05) is 25.1 Å². The molecule has 3 N–H and O–H groups in total. The molecule has 1 aromatic heterocycles. The van der Waals surface area contributed by atoms with E-state index in [2.05, 4.69) is 10.3 Å². The molecule has 0 saturated carbocycles.